The van der Waals surface area contributed by atoms with Gasteiger partial charge in [0.1, 0.15) is 11.3 Å². The summed E-state index contributed by atoms with van der Waals surface area (Å²) in [6.07, 6.45) is -0.556. The molecule has 1 aromatic carbocycles. The first-order valence-corrected chi connectivity index (χ1v) is 11.0. The Hall–Kier alpha value is -2.75. The Morgan fingerprint density at radius 3 is 2.42 bits per heavy atom. The van der Waals surface area contributed by atoms with Crippen LogP contribution in [0.1, 0.15) is 56.8 Å². The number of nitrogens with zero attached hydrogens (tertiary/aromatic N) is 3. The second-order valence-corrected chi connectivity index (χ2v) is 8.94. The standard InChI is InChI=1S/C22H25ClF3N3O4/c1-12(2)29(20(30)14-6-4-13(3)5-7-14)19-16(21(31)32)11-28(27-19)15-8-9-17(23)18(10-15)33-22(24,25)26/h8-14H,4-7H2,1-3H3,(H,31,32). The van der Waals surface area contributed by atoms with Crippen molar-refractivity contribution >= 4 is 29.3 Å². The van der Waals surface area contributed by atoms with Gasteiger partial charge in [-0.3, -0.25) is 9.69 Å². The van der Waals surface area contributed by atoms with Gasteiger partial charge < -0.3 is 9.84 Å². The monoisotopic (exact) mass is 487 g/mol. The summed E-state index contributed by atoms with van der Waals surface area (Å²) in [7, 11) is 0. The Balaban J connectivity index is 2.01. The van der Waals surface area contributed by atoms with E-state index in [0.717, 1.165) is 29.8 Å². The van der Waals surface area contributed by atoms with Crippen LogP contribution in [0.2, 0.25) is 5.02 Å². The molecule has 0 bridgehead atoms. The van der Waals surface area contributed by atoms with E-state index in [1.54, 1.807) is 13.8 Å². The molecule has 11 heteroatoms. The number of alkyl halides is 3. The molecular weight excluding hydrogens is 463 g/mol. The van der Waals surface area contributed by atoms with Crippen molar-refractivity contribution in [2.75, 3.05) is 4.90 Å². The fraction of sp³-hybridized carbons (Fsp3) is 0.500. The molecule has 1 saturated carbocycles. The summed E-state index contributed by atoms with van der Waals surface area (Å²) in [6, 6.07) is 3.18. The van der Waals surface area contributed by atoms with Crippen molar-refractivity contribution in [3.63, 3.8) is 0 Å². The van der Waals surface area contributed by atoms with Crippen LogP contribution in [0.15, 0.2) is 24.4 Å². The highest BCUT2D eigenvalue weighted by molar-refractivity contribution is 6.32. The predicted octanol–water partition coefficient (Wildman–Crippen LogP) is 5.69. The van der Waals surface area contributed by atoms with Gasteiger partial charge in [-0.15, -0.1) is 18.3 Å². The molecule has 0 radical (unpaired) electrons. The minimum Gasteiger partial charge on any atom is -0.477 e. The fourth-order valence-corrected chi connectivity index (χ4v) is 4.13. The Morgan fingerprint density at radius 2 is 1.88 bits per heavy atom. The van der Waals surface area contributed by atoms with Gasteiger partial charge in [-0.25, -0.2) is 9.48 Å². The number of hydrogen-bond donors (Lipinski definition) is 1. The van der Waals surface area contributed by atoms with Crippen molar-refractivity contribution in [2.45, 2.75) is 58.9 Å². The first kappa shape index (κ1) is 24.9. The highest BCUT2D eigenvalue weighted by Gasteiger charge is 2.35. The fourth-order valence-electron chi connectivity index (χ4n) is 3.97. The molecule has 2 aromatic rings. The van der Waals surface area contributed by atoms with Gasteiger partial charge in [0.15, 0.2) is 5.82 Å². The van der Waals surface area contributed by atoms with Crippen LogP contribution in [0.5, 0.6) is 5.75 Å². The summed E-state index contributed by atoms with van der Waals surface area (Å²) in [6.45, 7) is 5.64. The zero-order valence-corrected chi connectivity index (χ0v) is 19.2. The molecule has 7 nitrogen and oxygen atoms in total. The van der Waals surface area contributed by atoms with Crippen molar-refractivity contribution in [1.29, 1.82) is 0 Å². The second-order valence-electron chi connectivity index (χ2n) is 8.54. The van der Waals surface area contributed by atoms with E-state index in [1.165, 1.54) is 17.0 Å². The lowest BCUT2D eigenvalue weighted by Crippen LogP contribution is -2.43. The normalized spacial score (nSPS) is 18.9. The van der Waals surface area contributed by atoms with Crippen LogP contribution in [0.25, 0.3) is 5.69 Å². The summed E-state index contributed by atoms with van der Waals surface area (Å²) >= 11 is 5.80. The molecule has 1 aromatic heterocycles. The Labute approximate surface area is 194 Å². The molecule has 33 heavy (non-hydrogen) atoms. The summed E-state index contributed by atoms with van der Waals surface area (Å²) in [5.41, 5.74) is -0.149. The second kappa shape index (κ2) is 9.62. The largest absolute Gasteiger partial charge is 0.573 e. The Morgan fingerprint density at radius 1 is 1.24 bits per heavy atom. The molecule has 1 amide bonds. The zero-order valence-electron chi connectivity index (χ0n) is 18.4. The predicted molar refractivity (Wildman–Crippen MR) is 116 cm³/mol. The van der Waals surface area contributed by atoms with Gasteiger partial charge in [0.25, 0.3) is 0 Å². The Bertz CT molecular complexity index is 1030. The number of aromatic carboxylic acids is 1. The van der Waals surface area contributed by atoms with Crippen LogP contribution in [0, 0.1) is 11.8 Å². The number of halogens is 4. The molecule has 0 unspecified atom stereocenters. The maximum Gasteiger partial charge on any atom is 0.573 e. The molecule has 1 heterocycles. The maximum atomic E-state index is 13.3. The summed E-state index contributed by atoms with van der Waals surface area (Å²) in [5.74, 6) is -1.93. The van der Waals surface area contributed by atoms with Gasteiger partial charge in [-0.1, -0.05) is 18.5 Å². The molecule has 1 fully saturated rings. The van der Waals surface area contributed by atoms with E-state index in [4.69, 9.17) is 11.6 Å². The summed E-state index contributed by atoms with van der Waals surface area (Å²) in [5, 5.41) is 13.8. The SMILES string of the molecule is CC1CCC(C(=O)N(c2nn(-c3ccc(Cl)c(OC(F)(F)F)c3)cc2C(=O)O)C(C)C)CC1. The van der Waals surface area contributed by atoms with E-state index in [2.05, 4.69) is 16.8 Å². The van der Waals surface area contributed by atoms with E-state index in [0.29, 0.717) is 18.8 Å². The van der Waals surface area contributed by atoms with E-state index >= 15 is 0 Å². The molecule has 1 N–H and O–H groups in total. The van der Waals surface area contributed by atoms with Gasteiger partial charge in [0, 0.05) is 24.2 Å². The number of carboxylic acids is 1. The molecule has 180 valence electrons. The van der Waals surface area contributed by atoms with E-state index in [-0.39, 0.29) is 40.0 Å². The van der Waals surface area contributed by atoms with Crippen molar-refractivity contribution < 1.29 is 32.6 Å². The average molecular weight is 488 g/mol. The average Bonchev–Trinajstić information content (AvgIpc) is 3.14. The number of carboxylic acid groups (broad SMARTS) is 1. The third-order valence-corrected chi connectivity index (χ3v) is 5.99. The minimum absolute atomic E-state index is 0.0608. The number of carbonyl (C=O) groups is 2. The lowest BCUT2D eigenvalue weighted by molar-refractivity contribution is -0.274. The van der Waals surface area contributed by atoms with Gasteiger partial charge in [0.2, 0.25) is 5.91 Å². The van der Waals surface area contributed by atoms with Crippen LogP contribution < -0.4 is 9.64 Å². The number of amides is 1. The number of anilines is 1. The van der Waals surface area contributed by atoms with Crippen LogP contribution >= 0.6 is 11.6 Å². The third-order valence-electron chi connectivity index (χ3n) is 5.68. The Kier molecular flexibility index (Phi) is 7.26. The number of hydrogen-bond acceptors (Lipinski definition) is 4. The van der Waals surface area contributed by atoms with E-state index in [9.17, 15) is 27.9 Å². The van der Waals surface area contributed by atoms with E-state index in [1.807, 2.05) is 0 Å². The minimum atomic E-state index is -4.96. The van der Waals surface area contributed by atoms with Gasteiger partial charge in [-0.05, 0) is 57.6 Å². The van der Waals surface area contributed by atoms with Crippen molar-refractivity contribution in [3.05, 3.63) is 35.0 Å². The highest BCUT2D eigenvalue weighted by Crippen LogP contribution is 2.34. The van der Waals surface area contributed by atoms with Crippen molar-refractivity contribution in [1.82, 2.24) is 9.78 Å². The first-order valence-electron chi connectivity index (χ1n) is 10.6. The molecule has 0 saturated heterocycles. The number of carbonyl (C=O) groups excluding carboxylic acids is 1. The highest BCUT2D eigenvalue weighted by atomic mass is 35.5. The zero-order chi connectivity index (χ0) is 24.5. The summed E-state index contributed by atoms with van der Waals surface area (Å²) in [4.78, 5) is 26.7. The van der Waals surface area contributed by atoms with Crippen molar-refractivity contribution in [2.24, 2.45) is 11.8 Å². The lowest BCUT2D eigenvalue weighted by Gasteiger charge is -2.32. The van der Waals surface area contributed by atoms with Gasteiger partial charge >= 0.3 is 12.3 Å². The quantitative estimate of drug-likeness (QED) is 0.565. The van der Waals surface area contributed by atoms with Crippen LogP contribution in [-0.4, -0.2) is 39.2 Å². The van der Waals surface area contributed by atoms with Gasteiger partial charge in [-0.2, -0.15) is 0 Å². The molecular formula is C22H25ClF3N3O4. The van der Waals surface area contributed by atoms with E-state index < -0.39 is 18.1 Å². The molecule has 1 aliphatic rings. The number of aromatic nitrogens is 2. The van der Waals surface area contributed by atoms with Gasteiger partial charge in [0.05, 0.1) is 10.7 Å². The summed E-state index contributed by atoms with van der Waals surface area (Å²) < 4.78 is 43.1. The van der Waals surface area contributed by atoms with Crippen LogP contribution in [0.3, 0.4) is 0 Å². The lowest BCUT2D eigenvalue weighted by atomic mass is 9.82. The molecule has 3 rings (SSSR count). The molecule has 0 atom stereocenters. The maximum absolute atomic E-state index is 13.3. The topological polar surface area (TPSA) is 84.7 Å². The molecule has 0 spiro atoms. The van der Waals surface area contributed by atoms with Crippen molar-refractivity contribution in [3.8, 4) is 11.4 Å². The first-order chi connectivity index (χ1) is 15.4. The number of rotatable bonds is 6. The number of ether oxygens (including phenoxy) is 1. The smallest absolute Gasteiger partial charge is 0.477 e. The van der Waals surface area contributed by atoms with Crippen LogP contribution in [0.4, 0.5) is 19.0 Å². The third kappa shape index (κ3) is 5.79. The number of benzene rings is 1. The molecule has 1 aliphatic carbocycles. The molecule has 0 aliphatic heterocycles. The van der Waals surface area contributed by atoms with Crippen LogP contribution in [-0.2, 0) is 4.79 Å².